The van der Waals surface area contributed by atoms with Gasteiger partial charge in [-0.3, -0.25) is 9.59 Å². The Hall–Kier alpha value is -1.75. The fraction of sp³-hybridized carbons (Fsp3) is 0.682. The van der Waals surface area contributed by atoms with Gasteiger partial charge in [0, 0.05) is 31.1 Å². The molecule has 0 unspecified atom stereocenters. The first-order valence-corrected chi connectivity index (χ1v) is 9.80. The van der Waals surface area contributed by atoms with Crippen LogP contribution in [0, 0.1) is 29.6 Å². The Labute approximate surface area is 161 Å². The molecule has 0 heterocycles. The largest absolute Gasteiger partial charge is 0.462 e. The Morgan fingerprint density at radius 3 is 2.44 bits per heavy atom. The number of hydrogen-bond donors (Lipinski definition) is 1. The van der Waals surface area contributed by atoms with E-state index in [1.165, 1.54) is 12.5 Å². The maximum atomic E-state index is 12.8. The molecule has 0 aromatic heterocycles. The number of aldehydes is 1. The van der Waals surface area contributed by atoms with Gasteiger partial charge in [0.15, 0.2) is 0 Å². The van der Waals surface area contributed by atoms with Crippen molar-refractivity contribution in [2.24, 2.45) is 29.6 Å². The van der Waals surface area contributed by atoms with Crippen molar-refractivity contribution in [1.29, 1.82) is 0 Å². The Morgan fingerprint density at radius 1 is 1.22 bits per heavy atom. The highest BCUT2D eigenvalue weighted by Gasteiger charge is 2.54. The van der Waals surface area contributed by atoms with Crippen LogP contribution in [0.25, 0.3) is 0 Å². The number of ether oxygens (including phenoxy) is 1. The third-order valence-corrected chi connectivity index (χ3v) is 6.22. The summed E-state index contributed by atoms with van der Waals surface area (Å²) in [5.41, 5.74) is 2.34. The predicted molar refractivity (Wildman–Crippen MR) is 103 cm³/mol. The standard InChI is InChI=1S/C22H32O5/c1-12(2)7-6-8-13(3)16-9-18(25)17(11-23)22(16)21-14(4)20(10-19(21)26)27-15(5)24/h7-8,11,14,16-18,20-22,25H,6,9-10H2,1-5H3/b13-8-/t14-,16+,17-,18-,20+,21-,22-/m1/s1. The van der Waals surface area contributed by atoms with Crippen LogP contribution in [0.15, 0.2) is 23.3 Å². The lowest BCUT2D eigenvalue weighted by Crippen LogP contribution is -2.35. The lowest BCUT2D eigenvalue weighted by molar-refractivity contribution is -0.148. The van der Waals surface area contributed by atoms with E-state index in [0.717, 1.165) is 18.3 Å². The van der Waals surface area contributed by atoms with E-state index in [9.17, 15) is 19.5 Å². The SMILES string of the molecule is CC(=O)O[C@H]1CC(=O)[C@H]([C@H]2[C@H](C=O)[C@H](O)C[C@H]2/C(C)=C\CC=C(C)C)[C@@H]1C. The van der Waals surface area contributed by atoms with Gasteiger partial charge in [-0.2, -0.15) is 0 Å². The highest BCUT2D eigenvalue weighted by molar-refractivity contribution is 5.85. The topological polar surface area (TPSA) is 80.7 Å². The van der Waals surface area contributed by atoms with Crippen LogP contribution < -0.4 is 0 Å². The van der Waals surface area contributed by atoms with Crippen molar-refractivity contribution in [2.45, 2.75) is 66.1 Å². The summed E-state index contributed by atoms with van der Waals surface area (Å²) in [5.74, 6) is -1.73. The molecular formula is C22H32O5. The molecule has 0 amide bonds. The molecule has 150 valence electrons. The van der Waals surface area contributed by atoms with Crippen LogP contribution in [0.1, 0.15) is 53.9 Å². The molecule has 2 saturated carbocycles. The zero-order valence-electron chi connectivity index (χ0n) is 17.0. The van der Waals surface area contributed by atoms with E-state index in [2.05, 4.69) is 12.2 Å². The van der Waals surface area contributed by atoms with E-state index in [0.29, 0.717) is 6.42 Å². The number of allylic oxidation sites excluding steroid dienone is 4. The van der Waals surface area contributed by atoms with Gasteiger partial charge in [-0.05, 0) is 45.4 Å². The monoisotopic (exact) mass is 376 g/mol. The summed E-state index contributed by atoms with van der Waals surface area (Å²) in [6.07, 6.45) is 5.34. The molecule has 0 aliphatic heterocycles. The van der Waals surface area contributed by atoms with Crippen LogP contribution in [-0.4, -0.2) is 35.4 Å². The summed E-state index contributed by atoms with van der Waals surface area (Å²) in [6, 6.07) is 0. The minimum atomic E-state index is -0.739. The van der Waals surface area contributed by atoms with E-state index in [1.54, 1.807) is 0 Å². The molecule has 2 rings (SSSR count). The highest BCUT2D eigenvalue weighted by Crippen LogP contribution is 2.50. The van der Waals surface area contributed by atoms with Crippen molar-refractivity contribution in [1.82, 2.24) is 0 Å². The number of aliphatic hydroxyl groups is 1. The average Bonchev–Trinajstić information content (AvgIpc) is 3.02. The number of hydrogen-bond acceptors (Lipinski definition) is 5. The summed E-state index contributed by atoms with van der Waals surface area (Å²) in [4.78, 5) is 35.9. The summed E-state index contributed by atoms with van der Waals surface area (Å²) in [6.45, 7) is 9.36. The minimum Gasteiger partial charge on any atom is -0.462 e. The molecule has 0 spiro atoms. The van der Waals surface area contributed by atoms with Crippen molar-refractivity contribution in [3.63, 3.8) is 0 Å². The summed E-state index contributed by atoms with van der Waals surface area (Å²) < 4.78 is 5.33. The summed E-state index contributed by atoms with van der Waals surface area (Å²) in [7, 11) is 0. The number of esters is 1. The minimum absolute atomic E-state index is 0.0201. The number of Topliss-reactive ketones (excluding diaryl/α,β-unsaturated/α-hetero) is 1. The van der Waals surface area contributed by atoms with Crippen LogP contribution in [-0.2, 0) is 19.1 Å². The Kier molecular flexibility index (Phi) is 7.15. The van der Waals surface area contributed by atoms with Crippen LogP contribution in [0.2, 0.25) is 0 Å². The molecule has 27 heavy (non-hydrogen) atoms. The highest BCUT2D eigenvalue weighted by atomic mass is 16.5. The molecule has 1 N–H and O–H groups in total. The molecule has 0 aromatic rings. The first kappa shape index (κ1) is 21.5. The van der Waals surface area contributed by atoms with Crippen molar-refractivity contribution in [3.05, 3.63) is 23.3 Å². The molecular weight excluding hydrogens is 344 g/mol. The van der Waals surface area contributed by atoms with Crippen molar-refractivity contribution >= 4 is 18.0 Å². The fourth-order valence-corrected chi connectivity index (χ4v) is 4.86. The summed E-state index contributed by atoms with van der Waals surface area (Å²) >= 11 is 0. The third-order valence-electron chi connectivity index (χ3n) is 6.22. The van der Waals surface area contributed by atoms with Crippen LogP contribution in [0.3, 0.4) is 0 Å². The van der Waals surface area contributed by atoms with Crippen LogP contribution >= 0.6 is 0 Å². The molecule has 0 radical (unpaired) electrons. The number of ketones is 1. The van der Waals surface area contributed by atoms with Gasteiger partial charge in [-0.15, -0.1) is 0 Å². The smallest absolute Gasteiger partial charge is 0.302 e. The fourth-order valence-electron chi connectivity index (χ4n) is 4.86. The number of carbonyl (C=O) groups is 3. The van der Waals surface area contributed by atoms with Gasteiger partial charge < -0.3 is 14.6 Å². The molecule has 0 bridgehead atoms. The normalized spacial score (nSPS) is 36.6. The zero-order chi connectivity index (χ0) is 20.3. The van der Waals surface area contributed by atoms with E-state index in [1.807, 2.05) is 27.7 Å². The second-order valence-corrected chi connectivity index (χ2v) is 8.37. The molecule has 2 fully saturated rings. The molecule has 2 aliphatic rings. The molecule has 2 aliphatic carbocycles. The Morgan fingerprint density at radius 2 is 1.89 bits per heavy atom. The van der Waals surface area contributed by atoms with Crippen LogP contribution in [0.4, 0.5) is 0 Å². The Bertz CT molecular complexity index is 643. The van der Waals surface area contributed by atoms with Crippen molar-refractivity contribution in [2.75, 3.05) is 0 Å². The maximum Gasteiger partial charge on any atom is 0.302 e. The summed E-state index contributed by atoms with van der Waals surface area (Å²) in [5, 5.41) is 10.5. The number of aliphatic hydroxyl groups excluding tert-OH is 1. The second kappa shape index (κ2) is 8.96. The molecule has 5 heteroatoms. The molecule has 0 aromatic carbocycles. The zero-order valence-corrected chi connectivity index (χ0v) is 17.0. The Balaban J connectivity index is 2.31. The van der Waals surface area contributed by atoms with Crippen molar-refractivity contribution in [3.8, 4) is 0 Å². The van der Waals surface area contributed by atoms with E-state index >= 15 is 0 Å². The first-order chi connectivity index (χ1) is 12.7. The van der Waals surface area contributed by atoms with E-state index < -0.39 is 24.1 Å². The predicted octanol–water partition coefficient (Wildman–Crippen LogP) is 3.26. The van der Waals surface area contributed by atoms with Crippen LogP contribution in [0.5, 0.6) is 0 Å². The van der Waals surface area contributed by atoms with Gasteiger partial charge >= 0.3 is 5.97 Å². The van der Waals surface area contributed by atoms with Gasteiger partial charge in [-0.1, -0.05) is 30.2 Å². The lowest BCUT2D eigenvalue weighted by atomic mass is 9.72. The lowest BCUT2D eigenvalue weighted by Gasteiger charge is -2.31. The second-order valence-electron chi connectivity index (χ2n) is 8.37. The number of rotatable bonds is 6. The maximum absolute atomic E-state index is 12.8. The van der Waals surface area contributed by atoms with E-state index in [-0.39, 0.29) is 35.9 Å². The van der Waals surface area contributed by atoms with Crippen molar-refractivity contribution < 1.29 is 24.2 Å². The van der Waals surface area contributed by atoms with E-state index in [4.69, 9.17) is 4.74 Å². The van der Waals surface area contributed by atoms with Gasteiger partial charge in [-0.25, -0.2) is 0 Å². The van der Waals surface area contributed by atoms with Gasteiger partial charge in [0.1, 0.15) is 18.2 Å². The quantitative estimate of drug-likeness (QED) is 0.437. The number of carbonyl (C=O) groups excluding carboxylic acids is 3. The molecule has 7 atom stereocenters. The molecule has 0 saturated heterocycles. The van der Waals surface area contributed by atoms with Gasteiger partial charge in [0.2, 0.25) is 0 Å². The molecule has 5 nitrogen and oxygen atoms in total. The van der Waals surface area contributed by atoms with Gasteiger partial charge in [0.25, 0.3) is 0 Å². The van der Waals surface area contributed by atoms with Gasteiger partial charge in [0.05, 0.1) is 6.10 Å². The first-order valence-electron chi connectivity index (χ1n) is 9.80. The third kappa shape index (κ3) is 4.75. The average molecular weight is 376 g/mol.